The second-order valence-corrected chi connectivity index (χ2v) is 2.77. The molecular formula is C9H5N3O4. The standard InChI is InChI=1S/C9H5N3O4/c10-3-6-5(9(11)14)1-2-8(12(15)16)7(6)4-13/h1-2,4H,(H2,11,14). The number of nitrogens with two attached hydrogens (primary N) is 1. The lowest BCUT2D eigenvalue weighted by Crippen LogP contribution is -2.14. The second-order valence-electron chi connectivity index (χ2n) is 2.77. The first-order valence-electron chi connectivity index (χ1n) is 3.99. The van der Waals surface area contributed by atoms with Crippen LogP contribution < -0.4 is 5.73 Å². The molecule has 1 aromatic carbocycles. The smallest absolute Gasteiger partial charge is 0.281 e. The number of hydrogen-bond donors (Lipinski definition) is 1. The van der Waals surface area contributed by atoms with Gasteiger partial charge in [-0.1, -0.05) is 0 Å². The number of carbonyl (C=O) groups is 2. The fourth-order valence-corrected chi connectivity index (χ4v) is 1.21. The van der Waals surface area contributed by atoms with Crippen LogP contribution in [0.4, 0.5) is 5.69 Å². The zero-order valence-corrected chi connectivity index (χ0v) is 7.84. The zero-order valence-electron chi connectivity index (χ0n) is 7.84. The summed E-state index contributed by atoms with van der Waals surface area (Å²) in [7, 11) is 0. The highest BCUT2D eigenvalue weighted by Gasteiger charge is 2.22. The normalized spacial score (nSPS) is 9.19. The van der Waals surface area contributed by atoms with Crippen LogP contribution in [-0.4, -0.2) is 17.1 Å². The quantitative estimate of drug-likeness (QED) is 0.446. The Balaban J connectivity index is 3.67. The summed E-state index contributed by atoms with van der Waals surface area (Å²) in [4.78, 5) is 31.3. The lowest BCUT2D eigenvalue weighted by atomic mass is 10.0. The van der Waals surface area contributed by atoms with Crippen LogP contribution in [0.1, 0.15) is 26.3 Å². The molecule has 0 aliphatic carbocycles. The number of carbonyl (C=O) groups excluding carboxylic acids is 2. The SMILES string of the molecule is N#Cc1c(C(N)=O)ccc([N+](=O)[O-])c1C=O. The van der Waals surface area contributed by atoms with E-state index in [9.17, 15) is 19.7 Å². The van der Waals surface area contributed by atoms with Crippen LogP contribution in [0.2, 0.25) is 0 Å². The van der Waals surface area contributed by atoms with Gasteiger partial charge >= 0.3 is 0 Å². The highest BCUT2D eigenvalue weighted by molar-refractivity contribution is 5.99. The number of amides is 1. The van der Waals surface area contributed by atoms with E-state index in [0.29, 0.717) is 0 Å². The van der Waals surface area contributed by atoms with Crippen LogP contribution in [0.3, 0.4) is 0 Å². The van der Waals surface area contributed by atoms with Crippen molar-refractivity contribution in [3.05, 3.63) is 38.9 Å². The van der Waals surface area contributed by atoms with Crippen LogP contribution in [0.5, 0.6) is 0 Å². The molecule has 1 aromatic rings. The monoisotopic (exact) mass is 219 g/mol. The topological polar surface area (TPSA) is 127 Å². The molecule has 0 aliphatic heterocycles. The molecule has 7 heteroatoms. The van der Waals surface area contributed by atoms with Crippen molar-refractivity contribution < 1.29 is 14.5 Å². The Morgan fingerprint density at radius 2 is 2.19 bits per heavy atom. The summed E-state index contributed by atoms with van der Waals surface area (Å²) >= 11 is 0. The summed E-state index contributed by atoms with van der Waals surface area (Å²) < 4.78 is 0. The maximum atomic E-state index is 10.9. The number of nitrogens with zero attached hydrogens (tertiary/aromatic N) is 2. The predicted octanol–water partition coefficient (Wildman–Crippen LogP) is 0.378. The molecule has 7 nitrogen and oxygen atoms in total. The van der Waals surface area contributed by atoms with Crippen LogP contribution in [0.25, 0.3) is 0 Å². The van der Waals surface area contributed by atoms with Gasteiger partial charge in [-0.15, -0.1) is 0 Å². The van der Waals surface area contributed by atoms with E-state index in [2.05, 4.69) is 0 Å². The van der Waals surface area contributed by atoms with Gasteiger partial charge in [0.25, 0.3) is 5.69 Å². The van der Waals surface area contributed by atoms with Gasteiger partial charge < -0.3 is 5.73 Å². The first kappa shape index (κ1) is 11.3. The molecule has 0 bridgehead atoms. The highest BCUT2D eigenvalue weighted by Crippen LogP contribution is 2.23. The number of hydrogen-bond acceptors (Lipinski definition) is 5. The molecule has 1 rings (SSSR count). The van der Waals surface area contributed by atoms with Gasteiger partial charge in [-0.05, 0) is 6.07 Å². The molecule has 2 N–H and O–H groups in total. The Hall–Kier alpha value is -2.75. The van der Waals surface area contributed by atoms with Gasteiger partial charge in [0.2, 0.25) is 5.91 Å². The Kier molecular flexibility index (Phi) is 2.96. The molecular weight excluding hydrogens is 214 g/mol. The largest absolute Gasteiger partial charge is 0.366 e. The molecule has 0 saturated heterocycles. The maximum Gasteiger partial charge on any atom is 0.281 e. The van der Waals surface area contributed by atoms with Crippen molar-refractivity contribution in [2.45, 2.75) is 0 Å². The fourth-order valence-electron chi connectivity index (χ4n) is 1.21. The molecule has 16 heavy (non-hydrogen) atoms. The van der Waals surface area contributed by atoms with Gasteiger partial charge in [-0.2, -0.15) is 5.26 Å². The van der Waals surface area contributed by atoms with Crippen LogP contribution in [0.15, 0.2) is 12.1 Å². The summed E-state index contributed by atoms with van der Waals surface area (Å²) in [6, 6.07) is 3.57. The summed E-state index contributed by atoms with van der Waals surface area (Å²) in [5, 5.41) is 19.3. The third-order valence-corrected chi connectivity index (χ3v) is 1.91. The van der Waals surface area contributed by atoms with E-state index >= 15 is 0 Å². The Labute approximate surface area is 89.2 Å². The molecule has 0 aromatic heterocycles. The molecule has 0 saturated carbocycles. The van der Waals surface area contributed by atoms with Gasteiger partial charge in [0, 0.05) is 6.07 Å². The molecule has 1 amide bonds. The van der Waals surface area contributed by atoms with E-state index in [1.165, 1.54) is 0 Å². The van der Waals surface area contributed by atoms with E-state index in [0.717, 1.165) is 12.1 Å². The number of aldehydes is 1. The number of nitro groups is 1. The average Bonchev–Trinajstić information content (AvgIpc) is 2.26. The lowest BCUT2D eigenvalue weighted by molar-refractivity contribution is -0.385. The van der Waals surface area contributed by atoms with Crippen molar-refractivity contribution in [3.63, 3.8) is 0 Å². The second kappa shape index (κ2) is 4.18. The van der Waals surface area contributed by atoms with Crippen molar-refractivity contribution in [1.29, 1.82) is 5.26 Å². The van der Waals surface area contributed by atoms with Gasteiger partial charge in [0.1, 0.15) is 11.6 Å². The minimum atomic E-state index is -0.922. The molecule has 0 radical (unpaired) electrons. The fraction of sp³-hybridized carbons (Fsp3) is 0. The Bertz CT molecular complexity index is 530. The Morgan fingerprint density at radius 3 is 2.56 bits per heavy atom. The molecule has 0 heterocycles. The van der Waals surface area contributed by atoms with Crippen LogP contribution in [-0.2, 0) is 0 Å². The number of primary amides is 1. The molecule has 80 valence electrons. The first-order chi connectivity index (χ1) is 7.52. The summed E-state index contributed by atoms with van der Waals surface area (Å²) in [6.07, 6.45) is 0.156. The third-order valence-electron chi connectivity index (χ3n) is 1.91. The van der Waals surface area contributed by atoms with E-state index in [-0.39, 0.29) is 17.4 Å². The molecule has 0 spiro atoms. The van der Waals surface area contributed by atoms with Crippen molar-refractivity contribution in [1.82, 2.24) is 0 Å². The van der Waals surface area contributed by atoms with Crippen molar-refractivity contribution in [2.24, 2.45) is 5.73 Å². The van der Waals surface area contributed by atoms with Gasteiger partial charge in [0.05, 0.1) is 16.1 Å². The number of rotatable bonds is 3. The molecule has 0 aliphatic rings. The average molecular weight is 219 g/mol. The van der Waals surface area contributed by atoms with Crippen molar-refractivity contribution in [2.75, 3.05) is 0 Å². The van der Waals surface area contributed by atoms with Crippen molar-refractivity contribution >= 4 is 17.9 Å². The summed E-state index contributed by atoms with van der Waals surface area (Å²) in [6.45, 7) is 0. The summed E-state index contributed by atoms with van der Waals surface area (Å²) in [5.74, 6) is -0.922. The molecule has 0 atom stereocenters. The Morgan fingerprint density at radius 1 is 1.56 bits per heavy atom. The number of nitro benzene ring substituents is 1. The van der Waals surface area contributed by atoms with Gasteiger partial charge in [-0.3, -0.25) is 19.7 Å². The zero-order chi connectivity index (χ0) is 12.3. The van der Waals surface area contributed by atoms with E-state index in [1.807, 2.05) is 0 Å². The minimum absolute atomic E-state index is 0.156. The molecule has 0 unspecified atom stereocenters. The van der Waals surface area contributed by atoms with Crippen LogP contribution >= 0.6 is 0 Å². The van der Waals surface area contributed by atoms with E-state index < -0.39 is 22.1 Å². The lowest BCUT2D eigenvalue weighted by Gasteiger charge is -2.02. The maximum absolute atomic E-state index is 10.9. The minimum Gasteiger partial charge on any atom is -0.366 e. The van der Waals surface area contributed by atoms with Gasteiger partial charge in [0.15, 0.2) is 6.29 Å². The number of nitriles is 1. The van der Waals surface area contributed by atoms with Gasteiger partial charge in [-0.25, -0.2) is 0 Å². The van der Waals surface area contributed by atoms with E-state index in [4.69, 9.17) is 11.0 Å². The van der Waals surface area contributed by atoms with E-state index in [1.54, 1.807) is 6.07 Å². The number of benzene rings is 1. The highest BCUT2D eigenvalue weighted by atomic mass is 16.6. The third kappa shape index (κ3) is 1.72. The molecule has 0 fully saturated rings. The first-order valence-corrected chi connectivity index (χ1v) is 3.99. The van der Waals surface area contributed by atoms with Crippen molar-refractivity contribution in [3.8, 4) is 6.07 Å². The predicted molar refractivity (Wildman–Crippen MR) is 51.7 cm³/mol. The summed E-state index contributed by atoms with van der Waals surface area (Å²) in [5.41, 5.74) is 3.40. The van der Waals surface area contributed by atoms with Crippen LogP contribution in [0, 0.1) is 21.4 Å².